The molecule has 0 radical (unpaired) electrons. The average molecular weight is 185 g/mol. The number of hydrogen-bond acceptors (Lipinski definition) is 1. The van der Waals surface area contributed by atoms with Crippen molar-refractivity contribution in [3.63, 3.8) is 0 Å². The second-order valence-electron chi connectivity index (χ2n) is 2.24. The molecule has 1 unspecified atom stereocenters. The van der Waals surface area contributed by atoms with Crippen LogP contribution in [-0.4, -0.2) is 5.11 Å². The highest BCUT2D eigenvalue weighted by molar-refractivity contribution is 6.31. The summed E-state index contributed by atoms with van der Waals surface area (Å²) in [4.78, 5) is 0. The second-order valence-corrected chi connectivity index (χ2v) is 2.64. The third kappa shape index (κ3) is 1.76. The number of hydrogen-bond donors (Lipinski definition) is 1. The van der Waals surface area contributed by atoms with Crippen LogP contribution in [0.1, 0.15) is 11.7 Å². The molecule has 62 valence electrons. The SMILES string of the molecule is C#CC(O)c1ccc(F)cc1Cl. The Kier molecular flexibility index (Phi) is 2.69. The summed E-state index contributed by atoms with van der Waals surface area (Å²) in [5.74, 6) is 1.64. The van der Waals surface area contributed by atoms with Crippen molar-refractivity contribution in [2.45, 2.75) is 6.10 Å². The lowest BCUT2D eigenvalue weighted by Gasteiger charge is -2.05. The first-order valence-electron chi connectivity index (χ1n) is 3.24. The molecule has 0 spiro atoms. The zero-order valence-electron chi connectivity index (χ0n) is 6.09. The molecule has 1 rings (SSSR count). The molecule has 0 saturated carbocycles. The number of benzene rings is 1. The fourth-order valence-corrected chi connectivity index (χ4v) is 1.08. The molecule has 12 heavy (non-hydrogen) atoms. The summed E-state index contributed by atoms with van der Waals surface area (Å²) < 4.78 is 12.5. The van der Waals surface area contributed by atoms with Crippen LogP contribution in [0.5, 0.6) is 0 Å². The van der Waals surface area contributed by atoms with Crippen molar-refractivity contribution in [3.8, 4) is 12.3 Å². The van der Waals surface area contributed by atoms with Gasteiger partial charge in [0, 0.05) is 5.56 Å². The predicted octanol–water partition coefficient (Wildman–Crippen LogP) is 2.15. The van der Waals surface area contributed by atoms with Gasteiger partial charge >= 0.3 is 0 Å². The summed E-state index contributed by atoms with van der Waals surface area (Å²) in [6.45, 7) is 0. The molecule has 1 aromatic carbocycles. The molecule has 0 aromatic heterocycles. The van der Waals surface area contributed by atoms with E-state index >= 15 is 0 Å². The minimum atomic E-state index is -1.07. The Labute approximate surface area is 74.8 Å². The molecule has 0 saturated heterocycles. The van der Waals surface area contributed by atoms with Gasteiger partial charge in [-0.2, -0.15) is 0 Å². The Morgan fingerprint density at radius 3 is 2.75 bits per heavy atom. The molecule has 0 fully saturated rings. The van der Waals surface area contributed by atoms with Crippen molar-refractivity contribution >= 4 is 11.6 Å². The summed E-state index contributed by atoms with van der Waals surface area (Å²) in [6.07, 6.45) is 3.89. The molecular weight excluding hydrogens is 179 g/mol. The van der Waals surface area contributed by atoms with E-state index in [1.165, 1.54) is 12.1 Å². The number of aliphatic hydroxyl groups excluding tert-OH is 1. The van der Waals surface area contributed by atoms with Crippen LogP contribution in [-0.2, 0) is 0 Å². The lowest BCUT2D eigenvalue weighted by atomic mass is 10.1. The van der Waals surface area contributed by atoms with Gasteiger partial charge in [0.15, 0.2) is 0 Å². The molecule has 3 heteroatoms. The van der Waals surface area contributed by atoms with E-state index in [0.717, 1.165) is 6.07 Å². The molecule has 0 amide bonds. The monoisotopic (exact) mass is 184 g/mol. The number of aliphatic hydroxyl groups is 1. The van der Waals surface area contributed by atoms with Crippen molar-refractivity contribution in [1.29, 1.82) is 0 Å². The quantitative estimate of drug-likeness (QED) is 0.663. The van der Waals surface area contributed by atoms with Gasteiger partial charge in [-0.3, -0.25) is 0 Å². The highest BCUT2D eigenvalue weighted by Crippen LogP contribution is 2.22. The van der Waals surface area contributed by atoms with Gasteiger partial charge in [-0.1, -0.05) is 23.6 Å². The lowest BCUT2D eigenvalue weighted by molar-refractivity contribution is 0.238. The van der Waals surface area contributed by atoms with Gasteiger partial charge in [0.1, 0.15) is 11.9 Å². The van der Waals surface area contributed by atoms with Gasteiger partial charge in [0.05, 0.1) is 5.02 Å². The van der Waals surface area contributed by atoms with Crippen molar-refractivity contribution in [2.24, 2.45) is 0 Å². The van der Waals surface area contributed by atoms with Gasteiger partial charge in [0.25, 0.3) is 0 Å². The largest absolute Gasteiger partial charge is 0.376 e. The molecular formula is C9H6ClFO. The minimum Gasteiger partial charge on any atom is -0.376 e. The molecule has 1 aromatic rings. The van der Waals surface area contributed by atoms with Gasteiger partial charge in [-0.05, 0) is 12.1 Å². The third-order valence-electron chi connectivity index (χ3n) is 1.41. The maximum atomic E-state index is 12.5. The standard InChI is InChI=1S/C9H6ClFO/c1-2-9(12)7-4-3-6(11)5-8(7)10/h1,3-5,9,12H. The Balaban J connectivity index is 3.11. The molecule has 1 N–H and O–H groups in total. The normalized spacial score (nSPS) is 12.2. The summed E-state index contributed by atoms with van der Waals surface area (Å²) in [7, 11) is 0. The molecule has 0 aliphatic rings. The highest BCUT2D eigenvalue weighted by Gasteiger charge is 2.08. The van der Waals surface area contributed by atoms with E-state index in [1.54, 1.807) is 0 Å². The molecule has 0 aliphatic carbocycles. The van der Waals surface area contributed by atoms with Crippen molar-refractivity contribution < 1.29 is 9.50 Å². The molecule has 1 atom stereocenters. The topological polar surface area (TPSA) is 20.2 Å². The van der Waals surface area contributed by atoms with E-state index in [1.807, 2.05) is 0 Å². The van der Waals surface area contributed by atoms with Gasteiger partial charge < -0.3 is 5.11 Å². The lowest BCUT2D eigenvalue weighted by Crippen LogP contribution is -1.94. The maximum Gasteiger partial charge on any atom is 0.141 e. The van der Waals surface area contributed by atoms with Crippen molar-refractivity contribution in [2.75, 3.05) is 0 Å². The van der Waals surface area contributed by atoms with E-state index in [4.69, 9.17) is 23.1 Å². The highest BCUT2D eigenvalue weighted by atomic mass is 35.5. The van der Waals surface area contributed by atoms with Crippen molar-refractivity contribution in [1.82, 2.24) is 0 Å². The van der Waals surface area contributed by atoms with E-state index in [0.29, 0.717) is 5.56 Å². The number of rotatable bonds is 1. The number of halogens is 2. The van der Waals surface area contributed by atoms with Crippen LogP contribution in [0.25, 0.3) is 0 Å². The van der Waals surface area contributed by atoms with E-state index in [-0.39, 0.29) is 5.02 Å². The first-order valence-corrected chi connectivity index (χ1v) is 3.62. The minimum absolute atomic E-state index is 0.139. The second kappa shape index (κ2) is 3.57. The summed E-state index contributed by atoms with van der Waals surface area (Å²) in [5.41, 5.74) is 0.348. The zero-order valence-corrected chi connectivity index (χ0v) is 6.85. The zero-order chi connectivity index (χ0) is 9.14. The van der Waals surface area contributed by atoms with Crippen LogP contribution in [0.2, 0.25) is 5.02 Å². The average Bonchev–Trinajstić information content (AvgIpc) is 2.03. The van der Waals surface area contributed by atoms with Crippen LogP contribution >= 0.6 is 11.6 Å². The fourth-order valence-electron chi connectivity index (χ4n) is 0.813. The molecule has 0 aliphatic heterocycles. The van der Waals surface area contributed by atoms with Crippen LogP contribution in [0.15, 0.2) is 18.2 Å². The fraction of sp³-hybridized carbons (Fsp3) is 0.111. The molecule has 0 bridgehead atoms. The van der Waals surface area contributed by atoms with Gasteiger partial charge in [-0.25, -0.2) is 4.39 Å². The van der Waals surface area contributed by atoms with Crippen molar-refractivity contribution in [3.05, 3.63) is 34.6 Å². The summed E-state index contributed by atoms with van der Waals surface area (Å²) in [6, 6.07) is 3.67. The maximum absolute atomic E-state index is 12.5. The predicted molar refractivity (Wildman–Crippen MR) is 45.2 cm³/mol. The van der Waals surface area contributed by atoms with E-state index in [2.05, 4.69) is 5.92 Å². The van der Waals surface area contributed by atoms with Crippen LogP contribution in [0.3, 0.4) is 0 Å². The third-order valence-corrected chi connectivity index (χ3v) is 1.74. The van der Waals surface area contributed by atoms with Gasteiger partial charge in [-0.15, -0.1) is 6.42 Å². The summed E-state index contributed by atoms with van der Waals surface area (Å²) in [5, 5.41) is 9.30. The molecule has 0 heterocycles. The Hall–Kier alpha value is -1.04. The Morgan fingerprint density at radius 2 is 2.25 bits per heavy atom. The Bertz CT molecular complexity index is 330. The number of terminal acetylenes is 1. The smallest absolute Gasteiger partial charge is 0.141 e. The first kappa shape index (κ1) is 9.05. The summed E-state index contributed by atoms with van der Waals surface area (Å²) >= 11 is 5.61. The Morgan fingerprint density at radius 1 is 1.58 bits per heavy atom. The first-order chi connectivity index (χ1) is 5.65. The van der Waals surface area contributed by atoms with Gasteiger partial charge in [0.2, 0.25) is 0 Å². The van der Waals surface area contributed by atoms with Crippen LogP contribution < -0.4 is 0 Å². The van der Waals surface area contributed by atoms with E-state index < -0.39 is 11.9 Å². The van der Waals surface area contributed by atoms with Crippen LogP contribution in [0, 0.1) is 18.2 Å². The van der Waals surface area contributed by atoms with Crippen LogP contribution in [0.4, 0.5) is 4.39 Å². The molecule has 1 nitrogen and oxygen atoms in total. The van der Waals surface area contributed by atoms with E-state index in [9.17, 15) is 4.39 Å².